The minimum absolute atomic E-state index is 0.156. The highest BCUT2D eigenvalue weighted by atomic mass is 32.2. The number of carbonyl (C=O) groups excluding carboxylic acids is 2. The van der Waals surface area contributed by atoms with Crippen molar-refractivity contribution in [1.29, 1.82) is 0 Å². The lowest BCUT2D eigenvalue weighted by atomic mass is 10.6. The van der Waals surface area contributed by atoms with Crippen LogP contribution in [0.2, 0.25) is 0 Å². The third kappa shape index (κ3) is 6.54. The van der Waals surface area contributed by atoms with Crippen LogP contribution in [0.1, 0.15) is 0 Å². The van der Waals surface area contributed by atoms with Crippen molar-refractivity contribution in [3.05, 3.63) is 36.9 Å². The molecule has 0 aliphatic heterocycles. The summed E-state index contributed by atoms with van der Waals surface area (Å²) < 4.78 is 1.27. The highest BCUT2D eigenvalue weighted by Crippen LogP contribution is 2.28. The zero-order chi connectivity index (χ0) is 18.9. The Morgan fingerprint density at radius 3 is 1.59 bits per heavy atom. The third-order valence-corrected chi connectivity index (χ3v) is 5.87. The minimum Gasteiger partial charge on any atom is -0.294 e. The molecule has 0 spiro atoms. The van der Waals surface area contributed by atoms with Gasteiger partial charge in [0.05, 0.1) is 11.5 Å². The van der Waals surface area contributed by atoms with E-state index in [9.17, 15) is 9.59 Å². The predicted octanol–water partition coefficient (Wildman–Crippen LogP) is 1.58. The molecule has 0 fully saturated rings. The molecule has 138 valence electrons. The summed E-state index contributed by atoms with van der Waals surface area (Å²) in [7, 11) is 0. The third-order valence-electron chi connectivity index (χ3n) is 2.68. The van der Waals surface area contributed by atoms with Crippen molar-refractivity contribution in [2.24, 2.45) is 0 Å². The molecule has 10 nitrogen and oxygen atoms in total. The average molecular weight is 421 g/mol. The second-order valence-electron chi connectivity index (χ2n) is 4.65. The molecular weight excluding hydrogens is 408 g/mol. The van der Waals surface area contributed by atoms with Crippen LogP contribution < -0.4 is 10.6 Å². The van der Waals surface area contributed by atoms with Crippen molar-refractivity contribution in [1.82, 2.24) is 30.1 Å². The second kappa shape index (κ2) is 9.89. The summed E-state index contributed by atoms with van der Waals surface area (Å²) in [4.78, 5) is 39.4. The summed E-state index contributed by atoms with van der Waals surface area (Å²) in [5, 5.41) is 13.2. The van der Waals surface area contributed by atoms with E-state index in [0.717, 1.165) is 0 Å². The molecule has 0 saturated carbocycles. The second-order valence-corrected chi connectivity index (χ2v) is 8.07. The van der Waals surface area contributed by atoms with Crippen molar-refractivity contribution in [3.63, 3.8) is 0 Å². The van der Waals surface area contributed by atoms with Gasteiger partial charge in [-0.05, 0) is 12.1 Å². The van der Waals surface area contributed by atoms with Crippen LogP contribution in [0.25, 0.3) is 0 Å². The van der Waals surface area contributed by atoms with Crippen LogP contribution in [-0.2, 0) is 9.59 Å². The van der Waals surface area contributed by atoms with Crippen LogP contribution in [0.15, 0.2) is 45.6 Å². The fourth-order valence-corrected chi connectivity index (χ4v) is 4.24. The van der Waals surface area contributed by atoms with Crippen LogP contribution in [0.5, 0.6) is 0 Å². The number of aromatic nitrogens is 6. The van der Waals surface area contributed by atoms with Gasteiger partial charge in [0.15, 0.2) is 8.68 Å². The first-order valence-corrected chi connectivity index (χ1v) is 10.2. The van der Waals surface area contributed by atoms with Gasteiger partial charge >= 0.3 is 0 Å². The number of thioether (sulfide) groups is 2. The standard InChI is InChI=1S/C14H12N8O2S3/c23-9(19-11-15-3-1-4-16-11)7-25-13-21-22-14(27-13)26-8-10(24)20-12-17-5-2-6-18-12/h1-6H,7-8H2,(H,15,16,19,23)(H,17,18,20,24). The molecule has 0 unspecified atom stereocenters. The van der Waals surface area contributed by atoms with E-state index in [1.807, 2.05) is 0 Å². The van der Waals surface area contributed by atoms with Gasteiger partial charge in [-0.1, -0.05) is 34.9 Å². The largest absolute Gasteiger partial charge is 0.294 e. The Kier molecular flexibility index (Phi) is 7.01. The fourth-order valence-electron chi connectivity index (χ4n) is 1.62. The van der Waals surface area contributed by atoms with Gasteiger partial charge in [0, 0.05) is 24.8 Å². The normalized spacial score (nSPS) is 10.4. The fraction of sp³-hybridized carbons (Fsp3) is 0.143. The van der Waals surface area contributed by atoms with Gasteiger partial charge in [0.2, 0.25) is 23.7 Å². The van der Waals surface area contributed by atoms with Crippen molar-refractivity contribution >= 4 is 58.6 Å². The molecule has 13 heteroatoms. The zero-order valence-corrected chi connectivity index (χ0v) is 16.1. The zero-order valence-electron chi connectivity index (χ0n) is 13.6. The molecule has 0 aliphatic carbocycles. The number of amides is 2. The van der Waals surface area contributed by atoms with E-state index < -0.39 is 0 Å². The van der Waals surface area contributed by atoms with E-state index in [1.165, 1.54) is 34.9 Å². The molecule has 3 aromatic heterocycles. The number of hydrogen-bond acceptors (Lipinski definition) is 11. The minimum atomic E-state index is -0.238. The van der Waals surface area contributed by atoms with E-state index in [2.05, 4.69) is 40.8 Å². The first-order chi connectivity index (χ1) is 13.2. The number of nitrogens with zero attached hydrogens (tertiary/aromatic N) is 6. The SMILES string of the molecule is O=C(CSc1nnc(SCC(=O)Nc2ncccn2)s1)Nc1ncccn1. The van der Waals surface area contributed by atoms with Gasteiger partial charge in [0.1, 0.15) is 0 Å². The number of nitrogens with one attached hydrogen (secondary N) is 2. The monoisotopic (exact) mass is 420 g/mol. The highest BCUT2D eigenvalue weighted by molar-refractivity contribution is 8.03. The van der Waals surface area contributed by atoms with E-state index in [4.69, 9.17) is 0 Å². The molecule has 2 N–H and O–H groups in total. The molecule has 27 heavy (non-hydrogen) atoms. The summed E-state index contributed by atoms with van der Waals surface area (Å²) in [6, 6.07) is 3.33. The van der Waals surface area contributed by atoms with Crippen molar-refractivity contribution in [2.45, 2.75) is 8.68 Å². The smallest absolute Gasteiger partial charge is 0.237 e. The molecule has 3 heterocycles. The molecule has 3 rings (SSSR count). The topological polar surface area (TPSA) is 136 Å². The van der Waals surface area contributed by atoms with E-state index in [1.54, 1.807) is 36.9 Å². The van der Waals surface area contributed by atoms with Gasteiger partial charge in [-0.3, -0.25) is 20.2 Å². The molecule has 0 atom stereocenters. The predicted molar refractivity (Wildman–Crippen MR) is 103 cm³/mol. The Bertz CT molecular complexity index is 822. The molecule has 0 radical (unpaired) electrons. The maximum atomic E-state index is 11.9. The molecule has 0 aromatic carbocycles. The van der Waals surface area contributed by atoms with Crippen molar-refractivity contribution in [2.75, 3.05) is 22.1 Å². The Hall–Kier alpha value is -2.64. The molecular formula is C14H12N8O2S3. The maximum Gasteiger partial charge on any atom is 0.237 e. The van der Waals surface area contributed by atoms with Crippen LogP contribution in [0, 0.1) is 0 Å². The van der Waals surface area contributed by atoms with Gasteiger partial charge < -0.3 is 0 Å². The Balaban J connectivity index is 1.40. The van der Waals surface area contributed by atoms with E-state index in [0.29, 0.717) is 8.68 Å². The maximum absolute atomic E-state index is 11.9. The van der Waals surface area contributed by atoms with Crippen molar-refractivity contribution in [3.8, 4) is 0 Å². The Morgan fingerprint density at radius 2 is 1.19 bits per heavy atom. The summed E-state index contributed by atoms with van der Waals surface area (Å²) in [6.07, 6.45) is 6.18. The number of anilines is 2. The van der Waals surface area contributed by atoms with Gasteiger partial charge in [-0.15, -0.1) is 10.2 Å². The van der Waals surface area contributed by atoms with Gasteiger partial charge in [0.25, 0.3) is 0 Å². The van der Waals surface area contributed by atoms with Crippen LogP contribution in [0.4, 0.5) is 11.9 Å². The first kappa shape index (κ1) is 19.1. The summed E-state index contributed by atoms with van der Waals surface area (Å²) >= 11 is 3.81. The number of hydrogen-bond donors (Lipinski definition) is 2. The Labute approximate surface area is 166 Å². The van der Waals surface area contributed by atoms with E-state index >= 15 is 0 Å². The van der Waals surface area contributed by atoms with Crippen LogP contribution in [0.3, 0.4) is 0 Å². The van der Waals surface area contributed by atoms with Crippen LogP contribution in [-0.4, -0.2) is 53.5 Å². The highest BCUT2D eigenvalue weighted by Gasteiger charge is 2.11. The molecule has 0 bridgehead atoms. The Morgan fingerprint density at radius 1 is 0.778 bits per heavy atom. The average Bonchev–Trinajstić information content (AvgIpc) is 3.14. The lowest BCUT2D eigenvalue weighted by Crippen LogP contribution is -2.15. The summed E-state index contributed by atoms with van der Waals surface area (Å²) in [6.45, 7) is 0. The summed E-state index contributed by atoms with van der Waals surface area (Å²) in [5.41, 5.74) is 0. The summed E-state index contributed by atoms with van der Waals surface area (Å²) in [5.74, 6) is 0.345. The van der Waals surface area contributed by atoms with Gasteiger partial charge in [-0.25, -0.2) is 19.9 Å². The first-order valence-electron chi connectivity index (χ1n) is 7.42. The van der Waals surface area contributed by atoms with Crippen LogP contribution >= 0.6 is 34.9 Å². The number of rotatable bonds is 8. The van der Waals surface area contributed by atoms with E-state index in [-0.39, 0.29) is 35.2 Å². The molecule has 0 aliphatic rings. The lowest BCUT2D eigenvalue weighted by Gasteiger charge is -2.01. The quantitative estimate of drug-likeness (QED) is 0.517. The van der Waals surface area contributed by atoms with Gasteiger partial charge in [-0.2, -0.15) is 0 Å². The number of carbonyl (C=O) groups is 2. The van der Waals surface area contributed by atoms with Crippen molar-refractivity contribution < 1.29 is 9.59 Å². The molecule has 2 amide bonds. The molecule has 0 saturated heterocycles. The molecule has 3 aromatic rings. The lowest BCUT2D eigenvalue weighted by molar-refractivity contribution is -0.114.